The van der Waals surface area contributed by atoms with Gasteiger partial charge in [0.25, 0.3) is 0 Å². The number of aliphatic hydroxyl groups excluding tert-OH is 1. The molecular formula is C21H25N3O2. The number of likely N-dealkylation sites (tertiary alicyclic amines) is 1. The number of hydrogen-bond acceptors (Lipinski definition) is 4. The number of aromatic nitrogens is 2. The van der Waals surface area contributed by atoms with Crippen LogP contribution in [-0.4, -0.2) is 40.2 Å². The highest BCUT2D eigenvalue weighted by Crippen LogP contribution is 2.29. The molecule has 4 rings (SSSR count). The quantitative estimate of drug-likeness (QED) is 0.739. The molecular weight excluding hydrogens is 326 g/mol. The van der Waals surface area contributed by atoms with Crippen molar-refractivity contribution in [1.29, 1.82) is 0 Å². The van der Waals surface area contributed by atoms with Crippen molar-refractivity contribution in [2.75, 3.05) is 20.2 Å². The van der Waals surface area contributed by atoms with Gasteiger partial charge in [0.05, 0.1) is 13.7 Å². The number of aliphatic hydroxyl groups is 1. The van der Waals surface area contributed by atoms with E-state index in [4.69, 9.17) is 4.74 Å². The summed E-state index contributed by atoms with van der Waals surface area (Å²) in [5.74, 6) is 1.26. The van der Waals surface area contributed by atoms with Crippen LogP contribution in [0.3, 0.4) is 0 Å². The van der Waals surface area contributed by atoms with Crippen molar-refractivity contribution in [3.8, 4) is 5.75 Å². The van der Waals surface area contributed by atoms with Crippen LogP contribution in [0, 0.1) is 0 Å². The smallest absolute Gasteiger partial charge is 0.137 e. The minimum absolute atomic E-state index is 0.00169. The van der Waals surface area contributed by atoms with Crippen molar-refractivity contribution in [2.45, 2.75) is 31.9 Å². The summed E-state index contributed by atoms with van der Waals surface area (Å²) in [5, 5.41) is 10.7. The summed E-state index contributed by atoms with van der Waals surface area (Å²) in [6, 6.07) is 12.4. The summed E-state index contributed by atoms with van der Waals surface area (Å²) in [4.78, 5) is 10.4. The number of aromatic amines is 1. The van der Waals surface area contributed by atoms with Gasteiger partial charge in [0.15, 0.2) is 0 Å². The van der Waals surface area contributed by atoms with Crippen molar-refractivity contribution >= 4 is 11.0 Å². The van der Waals surface area contributed by atoms with Gasteiger partial charge in [-0.25, -0.2) is 4.98 Å². The van der Waals surface area contributed by atoms with Crippen molar-refractivity contribution in [3.05, 3.63) is 59.4 Å². The number of H-pyrrole nitrogens is 1. The lowest BCUT2D eigenvalue weighted by molar-refractivity contribution is 0.198. The van der Waals surface area contributed by atoms with Gasteiger partial charge in [-0.05, 0) is 55.3 Å². The second-order valence-corrected chi connectivity index (χ2v) is 7.04. The summed E-state index contributed by atoms with van der Waals surface area (Å²) < 4.78 is 5.30. The number of methoxy groups -OCH3 is 1. The van der Waals surface area contributed by atoms with Crippen molar-refractivity contribution in [1.82, 2.24) is 14.9 Å². The van der Waals surface area contributed by atoms with E-state index in [1.54, 1.807) is 7.11 Å². The van der Waals surface area contributed by atoms with E-state index in [2.05, 4.69) is 39.1 Å². The first-order valence-corrected chi connectivity index (χ1v) is 9.19. The van der Waals surface area contributed by atoms with Crippen LogP contribution in [0.1, 0.15) is 35.6 Å². The summed E-state index contributed by atoms with van der Waals surface area (Å²) in [6.07, 6.45) is 4.22. The fourth-order valence-electron chi connectivity index (χ4n) is 3.96. The number of fused-ring (bicyclic) bond motifs is 1. The van der Waals surface area contributed by atoms with Gasteiger partial charge in [-0.1, -0.05) is 6.07 Å². The molecule has 5 nitrogen and oxygen atoms in total. The number of hydrogen-bond donors (Lipinski definition) is 2. The SMILES string of the molecule is COc1ccc(CN2CCCC(c3cc4cccnc4[nH]3)C2)cc1CO. The first-order chi connectivity index (χ1) is 12.8. The zero-order valence-electron chi connectivity index (χ0n) is 15.1. The van der Waals surface area contributed by atoms with Gasteiger partial charge in [0.1, 0.15) is 11.4 Å². The molecule has 0 aliphatic carbocycles. The molecule has 0 saturated carbocycles. The Labute approximate surface area is 153 Å². The highest BCUT2D eigenvalue weighted by Gasteiger charge is 2.23. The molecule has 1 saturated heterocycles. The molecule has 0 bridgehead atoms. The molecule has 26 heavy (non-hydrogen) atoms. The van der Waals surface area contributed by atoms with E-state index >= 15 is 0 Å². The Hall–Kier alpha value is -2.37. The number of ether oxygens (including phenoxy) is 1. The third kappa shape index (κ3) is 3.45. The van der Waals surface area contributed by atoms with E-state index < -0.39 is 0 Å². The average molecular weight is 351 g/mol. The predicted octanol–water partition coefficient (Wildman–Crippen LogP) is 3.44. The van der Waals surface area contributed by atoms with Gasteiger partial charge in [0, 0.05) is 41.8 Å². The van der Waals surface area contributed by atoms with Crippen molar-refractivity contribution in [3.63, 3.8) is 0 Å². The van der Waals surface area contributed by atoms with Crippen molar-refractivity contribution in [2.24, 2.45) is 0 Å². The normalized spacial score (nSPS) is 18.3. The van der Waals surface area contributed by atoms with Crippen LogP contribution < -0.4 is 4.74 Å². The second-order valence-electron chi connectivity index (χ2n) is 7.04. The van der Waals surface area contributed by atoms with Gasteiger partial charge < -0.3 is 14.8 Å². The summed E-state index contributed by atoms with van der Waals surface area (Å²) in [6.45, 7) is 3.04. The molecule has 1 aliphatic heterocycles. The minimum Gasteiger partial charge on any atom is -0.496 e. The fourth-order valence-corrected chi connectivity index (χ4v) is 3.96. The van der Waals surface area contributed by atoms with E-state index in [0.717, 1.165) is 36.6 Å². The maximum absolute atomic E-state index is 9.54. The Morgan fingerprint density at radius 2 is 2.23 bits per heavy atom. The van der Waals surface area contributed by atoms with Crippen LogP contribution >= 0.6 is 0 Å². The molecule has 0 amide bonds. The van der Waals surface area contributed by atoms with Crippen LogP contribution in [0.2, 0.25) is 0 Å². The number of benzene rings is 1. The molecule has 1 aromatic carbocycles. The van der Waals surface area contributed by atoms with E-state index in [-0.39, 0.29) is 6.61 Å². The van der Waals surface area contributed by atoms with Gasteiger partial charge in [-0.3, -0.25) is 4.90 Å². The molecule has 0 radical (unpaired) electrons. The van der Waals surface area contributed by atoms with Crippen LogP contribution in [0.15, 0.2) is 42.6 Å². The zero-order valence-corrected chi connectivity index (χ0v) is 15.1. The Morgan fingerprint density at radius 1 is 1.31 bits per heavy atom. The lowest BCUT2D eigenvalue weighted by Gasteiger charge is -2.32. The molecule has 1 fully saturated rings. The molecule has 3 aromatic rings. The Balaban J connectivity index is 1.48. The molecule has 0 spiro atoms. The van der Waals surface area contributed by atoms with Crippen LogP contribution in [0.25, 0.3) is 11.0 Å². The third-order valence-corrected chi connectivity index (χ3v) is 5.28. The number of pyridine rings is 1. The fraction of sp³-hybridized carbons (Fsp3) is 0.381. The first-order valence-electron chi connectivity index (χ1n) is 9.19. The molecule has 2 N–H and O–H groups in total. The van der Waals surface area contributed by atoms with Gasteiger partial charge >= 0.3 is 0 Å². The molecule has 3 heterocycles. The van der Waals surface area contributed by atoms with E-state index in [1.165, 1.54) is 29.5 Å². The Bertz CT molecular complexity index is 857. The molecule has 2 aromatic heterocycles. The van der Waals surface area contributed by atoms with Crippen molar-refractivity contribution < 1.29 is 9.84 Å². The first kappa shape index (κ1) is 17.1. The van der Waals surface area contributed by atoms with E-state index in [9.17, 15) is 5.11 Å². The Morgan fingerprint density at radius 3 is 3.04 bits per heavy atom. The maximum Gasteiger partial charge on any atom is 0.137 e. The monoisotopic (exact) mass is 351 g/mol. The second kappa shape index (κ2) is 7.48. The number of nitrogens with zero attached hydrogens (tertiary/aromatic N) is 2. The van der Waals surface area contributed by atoms with Crippen LogP contribution in [0.5, 0.6) is 5.75 Å². The van der Waals surface area contributed by atoms with Gasteiger partial charge in [-0.2, -0.15) is 0 Å². The molecule has 1 aliphatic rings. The molecule has 1 atom stereocenters. The zero-order chi connectivity index (χ0) is 17.9. The van der Waals surface area contributed by atoms with Gasteiger partial charge in [0.2, 0.25) is 0 Å². The number of rotatable bonds is 5. The lowest BCUT2D eigenvalue weighted by atomic mass is 9.94. The molecule has 1 unspecified atom stereocenters. The van der Waals surface area contributed by atoms with Crippen LogP contribution in [0.4, 0.5) is 0 Å². The standard InChI is InChI=1S/C21H25N3O2/c1-26-20-7-6-15(10-18(20)14-25)12-24-9-3-5-17(13-24)19-11-16-4-2-8-22-21(16)23-19/h2,4,6-8,10-11,17,25H,3,5,9,12-14H2,1H3,(H,22,23). The van der Waals surface area contributed by atoms with E-state index in [0.29, 0.717) is 5.92 Å². The molecule has 5 heteroatoms. The summed E-state index contributed by atoms with van der Waals surface area (Å²) >= 11 is 0. The predicted molar refractivity (Wildman–Crippen MR) is 102 cm³/mol. The average Bonchev–Trinajstić information content (AvgIpc) is 3.12. The summed E-state index contributed by atoms with van der Waals surface area (Å²) in [5.41, 5.74) is 4.32. The largest absolute Gasteiger partial charge is 0.496 e. The lowest BCUT2D eigenvalue weighted by Crippen LogP contribution is -2.34. The van der Waals surface area contributed by atoms with Crippen LogP contribution in [-0.2, 0) is 13.2 Å². The third-order valence-electron chi connectivity index (χ3n) is 5.28. The number of nitrogens with one attached hydrogen (secondary N) is 1. The highest BCUT2D eigenvalue weighted by atomic mass is 16.5. The topological polar surface area (TPSA) is 61.4 Å². The molecule has 136 valence electrons. The summed E-state index contributed by atoms with van der Waals surface area (Å²) in [7, 11) is 1.64. The van der Waals surface area contributed by atoms with E-state index in [1.807, 2.05) is 18.3 Å². The highest BCUT2D eigenvalue weighted by molar-refractivity contribution is 5.76. The maximum atomic E-state index is 9.54. The minimum atomic E-state index is 0.00169. The number of piperidine rings is 1. The van der Waals surface area contributed by atoms with Gasteiger partial charge in [-0.15, -0.1) is 0 Å². The Kier molecular flexibility index (Phi) is 4.91.